The predicted octanol–water partition coefficient (Wildman–Crippen LogP) is 2.74. The molecule has 23 heavy (non-hydrogen) atoms. The molecule has 3 rings (SSSR count). The van der Waals surface area contributed by atoms with Gasteiger partial charge in [-0.3, -0.25) is 4.98 Å². The molecule has 9 heteroatoms. The van der Waals surface area contributed by atoms with Crippen molar-refractivity contribution < 1.29 is 13.2 Å². The van der Waals surface area contributed by atoms with Crippen molar-refractivity contribution in [2.45, 2.75) is 19.1 Å². The van der Waals surface area contributed by atoms with E-state index in [0.717, 1.165) is 5.69 Å². The summed E-state index contributed by atoms with van der Waals surface area (Å²) in [5.41, 5.74) is 0.830. The van der Waals surface area contributed by atoms with Gasteiger partial charge in [0.25, 0.3) is 5.82 Å². The minimum absolute atomic E-state index is 0.0416. The molecule has 0 saturated carbocycles. The van der Waals surface area contributed by atoms with Crippen molar-refractivity contribution in [2.75, 3.05) is 11.9 Å². The predicted molar refractivity (Wildman–Crippen MR) is 76.8 cm³/mol. The van der Waals surface area contributed by atoms with Crippen molar-refractivity contribution in [3.8, 4) is 0 Å². The average Bonchev–Trinajstić information content (AvgIpc) is 2.97. The van der Waals surface area contributed by atoms with Crippen LogP contribution in [-0.2, 0) is 6.18 Å². The molecule has 0 spiro atoms. The van der Waals surface area contributed by atoms with Gasteiger partial charge in [0.15, 0.2) is 5.65 Å². The Labute approximate surface area is 129 Å². The van der Waals surface area contributed by atoms with E-state index in [4.69, 9.17) is 0 Å². The summed E-state index contributed by atoms with van der Waals surface area (Å²) in [4.78, 5) is 5.99. The van der Waals surface area contributed by atoms with Gasteiger partial charge in [0.2, 0.25) is 0 Å². The van der Waals surface area contributed by atoms with Crippen molar-refractivity contribution in [3.05, 3.63) is 48.0 Å². The number of pyridine rings is 1. The van der Waals surface area contributed by atoms with Gasteiger partial charge in [-0.05, 0) is 31.2 Å². The number of fused-ring (bicyclic) bond motifs is 1. The number of alkyl halides is 3. The van der Waals surface area contributed by atoms with E-state index in [1.807, 2.05) is 19.1 Å². The average molecular weight is 322 g/mol. The Kier molecular flexibility index (Phi) is 3.63. The maximum atomic E-state index is 12.9. The largest absolute Gasteiger partial charge is 0.453 e. The normalized spacial score (nSPS) is 13.3. The summed E-state index contributed by atoms with van der Waals surface area (Å²) in [6.45, 7) is 1.89. The molecule has 0 radical (unpaired) electrons. The van der Waals surface area contributed by atoms with Gasteiger partial charge in [0.1, 0.15) is 5.82 Å². The molecule has 0 bridgehead atoms. The minimum atomic E-state index is -4.61. The first kappa shape index (κ1) is 15.2. The highest BCUT2D eigenvalue weighted by atomic mass is 19.4. The van der Waals surface area contributed by atoms with Gasteiger partial charge in [-0.1, -0.05) is 6.07 Å². The molecule has 0 N–H and O–H groups in total. The molecule has 0 aliphatic rings. The summed E-state index contributed by atoms with van der Waals surface area (Å²) in [5.74, 6) is -0.783. The highest BCUT2D eigenvalue weighted by Gasteiger charge is 2.37. The second kappa shape index (κ2) is 5.49. The van der Waals surface area contributed by atoms with Crippen LogP contribution in [0.5, 0.6) is 0 Å². The van der Waals surface area contributed by atoms with E-state index < -0.39 is 12.0 Å². The third-order valence-electron chi connectivity index (χ3n) is 3.56. The van der Waals surface area contributed by atoms with Crippen LogP contribution >= 0.6 is 0 Å². The zero-order valence-corrected chi connectivity index (χ0v) is 12.4. The Morgan fingerprint density at radius 1 is 1.13 bits per heavy atom. The molecule has 0 saturated heterocycles. The molecular weight excluding hydrogens is 309 g/mol. The van der Waals surface area contributed by atoms with Crippen LogP contribution in [0.3, 0.4) is 0 Å². The maximum Gasteiger partial charge on any atom is 0.453 e. The molecule has 0 fully saturated rings. The lowest BCUT2D eigenvalue weighted by atomic mass is 10.2. The number of hydrogen-bond donors (Lipinski definition) is 0. The van der Waals surface area contributed by atoms with Gasteiger partial charge in [0.05, 0.1) is 11.7 Å². The fourth-order valence-electron chi connectivity index (χ4n) is 2.16. The molecule has 1 atom stereocenters. The number of anilines is 1. The summed E-state index contributed by atoms with van der Waals surface area (Å²) >= 11 is 0. The highest BCUT2D eigenvalue weighted by Crippen LogP contribution is 2.28. The van der Waals surface area contributed by atoms with E-state index in [1.54, 1.807) is 30.3 Å². The SMILES string of the molecule is CC(c1ccccn1)N(C)c1ccc2nnc(C(F)(F)F)n2n1. The summed E-state index contributed by atoms with van der Waals surface area (Å²) in [6, 6.07) is 8.39. The summed E-state index contributed by atoms with van der Waals surface area (Å²) in [5, 5.41) is 10.7. The smallest absolute Gasteiger partial charge is 0.350 e. The first-order valence-electron chi connectivity index (χ1n) is 6.81. The first-order valence-corrected chi connectivity index (χ1v) is 6.81. The molecule has 120 valence electrons. The van der Waals surface area contributed by atoms with Crippen LogP contribution in [0.15, 0.2) is 36.5 Å². The molecule has 3 aromatic heterocycles. The molecule has 3 heterocycles. The summed E-state index contributed by atoms with van der Waals surface area (Å²) < 4.78 is 39.5. The van der Waals surface area contributed by atoms with Crippen LogP contribution in [0, 0.1) is 0 Å². The number of rotatable bonds is 3. The fraction of sp³-hybridized carbons (Fsp3) is 0.286. The van der Waals surface area contributed by atoms with Gasteiger partial charge in [-0.2, -0.15) is 17.7 Å². The van der Waals surface area contributed by atoms with Gasteiger partial charge in [0, 0.05) is 13.2 Å². The van der Waals surface area contributed by atoms with E-state index >= 15 is 0 Å². The molecule has 3 aromatic rings. The quantitative estimate of drug-likeness (QED) is 0.742. The van der Waals surface area contributed by atoms with Crippen molar-refractivity contribution in [1.82, 2.24) is 24.8 Å². The van der Waals surface area contributed by atoms with Gasteiger partial charge in [-0.15, -0.1) is 15.3 Å². The second-order valence-electron chi connectivity index (χ2n) is 5.02. The van der Waals surface area contributed by atoms with E-state index in [-0.39, 0.29) is 11.7 Å². The summed E-state index contributed by atoms with van der Waals surface area (Å²) in [7, 11) is 1.74. The Morgan fingerprint density at radius 2 is 1.91 bits per heavy atom. The lowest BCUT2D eigenvalue weighted by Crippen LogP contribution is -2.24. The summed E-state index contributed by atoms with van der Waals surface area (Å²) in [6.07, 6.45) is -2.95. The van der Waals surface area contributed by atoms with Crippen molar-refractivity contribution in [1.29, 1.82) is 0 Å². The zero-order chi connectivity index (χ0) is 16.6. The van der Waals surface area contributed by atoms with E-state index in [0.29, 0.717) is 10.3 Å². The topological polar surface area (TPSA) is 59.2 Å². The van der Waals surface area contributed by atoms with Crippen LogP contribution < -0.4 is 4.90 Å². The Bertz CT molecular complexity index is 814. The minimum Gasteiger partial charge on any atom is -0.350 e. The lowest BCUT2D eigenvalue weighted by molar-refractivity contribution is -0.146. The zero-order valence-electron chi connectivity index (χ0n) is 12.4. The first-order chi connectivity index (χ1) is 10.9. The number of nitrogens with zero attached hydrogens (tertiary/aromatic N) is 6. The van der Waals surface area contributed by atoms with Gasteiger partial charge < -0.3 is 4.90 Å². The fourth-order valence-corrected chi connectivity index (χ4v) is 2.16. The number of hydrogen-bond acceptors (Lipinski definition) is 5. The van der Waals surface area contributed by atoms with Crippen LogP contribution in [0.1, 0.15) is 24.5 Å². The molecule has 1 unspecified atom stereocenters. The molecule has 0 aliphatic carbocycles. The van der Waals surface area contributed by atoms with Crippen molar-refractivity contribution in [2.24, 2.45) is 0 Å². The Morgan fingerprint density at radius 3 is 2.57 bits per heavy atom. The molecule has 0 amide bonds. The van der Waals surface area contributed by atoms with Crippen molar-refractivity contribution >= 4 is 11.5 Å². The Balaban J connectivity index is 1.99. The van der Waals surface area contributed by atoms with Crippen LogP contribution in [-0.4, -0.2) is 31.8 Å². The van der Waals surface area contributed by atoms with Crippen LogP contribution in [0.25, 0.3) is 5.65 Å². The van der Waals surface area contributed by atoms with Crippen LogP contribution in [0.4, 0.5) is 19.0 Å². The molecular formula is C14H13F3N6. The molecule has 0 aliphatic heterocycles. The van der Waals surface area contributed by atoms with E-state index in [2.05, 4.69) is 20.3 Å². The highest BCUT2D eigenvalue weighted by molar-refractivity contribution is 5.46. The maximum absolute atomic E-state index is 12.9. The number of aromatic nitrogens is 5. The third kappa shape index (κ3) is 2.81. The second-order valence-corrected chi connectivity index (χ2v) is 5.02. The molecule has 0 aromatic carbocycles. The van der Waals surface area contributed by atoms with Gasteiger partial charge in [-0.25, -0.2) is 0 Å². The van der Waals surface area contributed by atoms with Crippen molar-refractivity contribution in [3.63, 3.8) is 0 Å². The Hall–Kier alpha value is -2.71. The standard InChI is InChI=1S/C14H13F3N6/c1-9(10-5-3-4-8-18-10)22(2)12-7-6-11-19-20-13(14(15,16)17)23(11)21-12/h3-9H,1-2H3. The van der Waals surface area contributed by atoms with Crippen LogP contribution in [0.2, 0.25) is 0 Å². The lowest BCUT2D eigenvalue weighted by Gasteiger charge is -2.25. The monoisotopic (exact) mass is 322 g/mol. The van der Waals surface area contributed by atoms with E-state index in [9.17, 15) is 13.2 Å². The molecule has 6 nitrogen and oxygen atoms in total. The van der Waals surface area contributed by atoms with Gasteiger partial charge >= 0.3 is 6.18 Å². The van der Waals surface area contributed by atoms with E-state index in [1.165, 1.54) is 6.07 Å². The number of halogens is 3. The third-order valence-corrected chi connectivity index (χ3v) is 3.56.